The van der Waals surface area contributed by atoms with Crippen LogP contribution in [-0.4, -0.2) is 64.2 Å². The molecule has 2 fully saturated rings. The number of hydrogen-bond acceptors (Lipinski definition) is 6. The average Bonchev–Trinajstić information content (AvgIpc) is 2.99. The van der Waals surface area contributed by atoms with Gasteiger partial charge in [-0.25, -0.2) is 0 Å². The van der Waals surface area contributed by atoms with Crippen molar-refractivity contribution in [2.75, 3.05) is 26.2 Å². The zero-order valence-corrected chi connectivity index (χ0v) is 15.1. The maximum absolute atomic E-state index is 12.8. The van der Waals surface area contributed by atoms with Crippen LogP contribution in [0.4, 0.5) is 0 Å². The summed E-state index contributed by atoms with van der Waals surface area (Å²) < 4.78 is 11.0. The molecule has 0 aromatic carbocycles. The molecule has 1 aromatic heterocycles. The van der Waals surface area contributed by atoms with Gasteiger partial charge in [0, 0.05) is 19.0 Å². The first kappa shape index (κ1) is 17.4. The van der Waals surface area contributed by atoms with E-state index in [4.69, 9.17) is 9.26 Å². The Balaban J connectivity index is 1.54. The summed E-state index contributed by atoms with van der Waals surface area (Å²) in [5.41, 5.74) is 0. The summed E-state index contributed by atoms with van der Waals surface area (Å²) in [6, 6.07) is 0.102. The summed E-state index contributed by atoms with van der Waals surface area (Å²) in [5, 5.41) is 3.87. The maximum Gasteiger partial charge on any atom is 0.243 e. The number of likely N-dealkylation sites (tertiary alicyclic amines) is 1. The number of nitrogens with zero attached hydrogens (tertiary/aromatic N) is 4. The Morgan fingerprint density at radius 1 is 1.21 bits per heavy atom. The molecule has 3 heterocycles. The fourth-order valence-corrected chi connectivity index (χ4v) is 3.79. The molecule has 7 nitrogen and oxygen atoms in total. The minimum absolute atomic E-state index is 0.102. The predicted molar refractivity (Wildman–Crippen MR) is 88.3 cm³/mol. The third-order valence-corrected chi connectivity index (χ3v) is 5.06. The highest BCUT2D eigenvalue weighted by Crippen LogP contribution is 2.27. The molecule has 1 amide bonds. The molecule has 0 saturated carbocycles. The number of aromatic nitrogens is 2. The van der Waals surface area contributed by atoms with E-state index >= 15 is 0 Å². The fourth-order valence-electron chi connectivity index (χ4n) is 3.79. The van der Waals surface area contributed by atoms with E-state index in [-0.39, 0.29) is 30.1 Å². The van der Waals surface area contributed by atoms with Gasteiger partial charge >= 0.3 is 0 Å². The quantitative estimate of drug-likeness (QED) is 0.838. The molecule has 2 saturated heterocycles. The normalized spacial score (nSPS) is 28.1. The Morgan fingerprint density at radius 3 is 2.38 bits per heavy atom. The number of aryl methyl sites for hydroxylation is 1. The number of carbonyl (C=O) groups excluding carboxylic acids is 1. The van der Waals surface area contributed by atoms with Crippen LogP contribution in [0, 0.1) is 12.8 Å². The first-order valence-electron chi connectivity index (χ1n) is 8.92. The van der Waals surface area contributed by atoms with Crippen LogP contribution in [-0.2, 0) is 9.53 Å². The lowest BCUT2D eigenvalue weighted by molar-refractivity contribution is -0.149. The van der Waals surface area contributed by atoms with Crippen molar-refractivity contribution < 1.29 is 14.1 Å². The summed E-state index contributed by atoms with van der Waals surface area (Å²) in [6.45, 7) is 11.2. The molecule has 0 unspecified atom stereocenters. The number of amides is 1. The number of piperidine rings is 1. The third-order valence-electron chi connectivity index (χ3n) is 5.06. The molecule has 1 aromatic rings. The molecule has 0 N–H and O–H groups in total. The van der Waals surface area contributed by atoms with Gasteiger partial charge in [-0.05, 0) is 53.6 Å². The summed E-state index contributed by atoms with van der Waals surface area (Å²) in [4.78, 5) is 21.4. The molecular formula is C17H28N4O3. The van der Waals surface area contributed by atoms with Crippen molar-refractivity contribution in [2.45, 2.75) is 58.8 Å². The Labute approximate surface area is 143 Å². The fraction of sp³-hybridized carbons (Fsp3) is 0.824. The van der Waals surface area contributed by atoms with Gasteiger partial charge in [0.2, 0.25) is 11.8 Å². The average molecular weight is 336 g/mol. The second kappa shape index (κ2) is 7.19. The van der Waals surface area contributed by atoms with E-state index in [2.05, 4.69) is 22.0 Å². The molecule has 134 valence electrons. The Bertz CT molecular complexity index is 558. The smallest absolute Gasteiger partial charge is 0.243 e. The van der Waals surface area contributed by atoms with Gasteiger partial charge in [0.25, 0.3) is 0 Å². The van der Waals surface area contributed by atoms with E-state index in [9.17, 15) is 4.79 Å². The van der Waals surface area contributed by atoms with Crippen LogP contribution >= 0.6 is 0 Å². The zero-order chi connectivity index (χ0) is 17.3. The molecule has 2 aliphatic rings. The van der Waals surface area contributed by atoms with Crippen LogP contribution in [0.3, 0.4) is 0 Å². The standard InChI is InChI=1S/C17H28N4O3/c1-11-9-21(10-12(2)23-11)17(22)15-5-7-20(8-6-15)13(3)16-18-14(4)19-24-16/h11-13,15H,5-10H2,1-4H3/t11-,12+,13-/m0/s1. The number of hydrogen-bond donors (Lipinski definition) is 0. The minimum atomic E-state index is 0.102. The van der Waals surface area contributed by atoms with Gasteiger partial charge in [0.15, 0.2) is 5.82 Å². The summed E-state index contributed by atoms with van der Waals surface area (Å²) in [7, 11) is 0. The van der Waals surface area contributed by atoms with Gasteiger partial charge in [-0.1, -0.05) is 5.16 Å². The minimum Gasteiger partial charge on any atom is -0.372 e. The lowest BCUT2D eigenvalue weighted by Gasteiger charge is -2.39. The van der Waals surface area contributed by atoms with Crippen molar-refractivity contribution in [1.29, 1.82) is 0 Å². The second-order valence-electron chi connectivity index (χ2n) is 7.17. The SMILES string of the molecule is Cc1noc([C@H](C)N2CCC(C(=O)N3C[C@@H](C)O[C@@H](C)C3)CC2)n1. The van der Waals surface area contributed by atoms with Crippen LogP contribution in [0.15, 0.2) is 4.52 Å². The van der Waals surface area contributed by atoms with Crippen molar-refractivity contribution in [1.82, 2.24) is 19.9 Å². The molecule has 2 aliphatic heterocycles. The van der Waals surface area contributed by atoms with E-state index in [1.54, 1.807) is 0 Å². The molecule has 0 bridgehead atoms. The topological polar surface area (TPSA) is 71.7 Å². The summed E-state index contributed by atoms with van der Waals surface area (Å²) in [5.74, 6) is 1.74. The highest BCUT2D eigenvalue weighted by molar-refractivity contribution is 5.79. The van der Waals surface area contributed by atoms with E-state index in [0.717, 1.165) is 25.9 Å². The highest BCUT2D eigenvalue weighted by atomic mass is 16.5. The van der Waals surface area contributed by atoms with E-state index in [1.165, 1.54) is 0 Å². The van der Waals surface area contributed by atoms with E-state index in [1.807, 2.05) is 25.7 Å². The molecular weight excluding hydrogens is 308 g/mol. The second-order valence-corrected chi connectivity index (χ2v) is 7.17. The van der Waals surface area contributed by atoms with Crippen molar-refractivity contribution in [3.63, 3.8) is 0 Å². The van der Waals surface area contributed by atoms with Gasteiger partial charge in [-0.2, -0.15) is 4.98 Å². The first-order valence-corrected chi connectivity index (χ1v) is 8.92. The van der Waals surface area contributed by atoms with E-state index in [0.29, 0.717) is 24.8 Å². The Morgan fingerprint density at radius 2 is 1.83 bits per heavy atom. The number of carbonyl (C=O) groups is 1. The van der Waals surface area contributed by atoms with Crippen molar-refractivity contribution in [3.05, 3.63) is 11.7 Å². The number of morpholine rings is 1. The molecule has 3 rings (SSSR count). The molecule has 0 radical (unpaired) electrons. The van der Waals surface area contributed by atoms with E-state index < -0.39 is 0 Å². The predicted octanol–water partition coefficient (Wildman–Crippen LogP) is 1.79. The van der Waals surface area contributed by atoms with Gasteiger partial charge in [0.1, 0.15) is 0 Å². The third kappa shape index (κ3) is 3.78. The largest absolute Gasteiger partial charge is 0.372 e. The Hall–Kier alpha value is -1.47. The molecule has 0 aliphatic carbocycles. The van der Waals surface area contributed by atoms with Crippen LogP contribution in [0.5, 0.6) is 0 Å². The number of rotatable bonds is 3. The molecule has 7 heteroatoms. The van der Waals surface area contributed by atoms with Gasteiger partial charge < -0.3 is 14.2 Å². The van der Waals surface area contributed by atoms with Crippen molar-refractivity contribution in [2.24, 2.45) is 5.92 Å². The van der Waals surface area contributed by atoms with Gasteiger partial charge in [-0.15, -0.1) is 0 Å². The lowest BCUT2D eigenvalue weighted by atomic mass is 9.94. The van der Waals surface area contributed by atoms with Gasteiger partial charge in [-0.3, -0.25) is 9.69 Å². The number of ether oxygens (including phenoxy) is 1. The van der Waals surface area contributed by atoms with Crippen LogP contribution < -0.4 is 0 Å². The van der Waals surface area contributed by atoms with Crippen molar-refractivity contribution >= 4 is 5.91 Å². The first-order chi connectivity index (χ1) is 11.4. The summed E-state index contributed by atoms with van der Waals surface area (Å²) in [6.07, 6.45) is 2.02. The maximum atomic E-state index is 12.8. The van der Waals surface area contributed by atoms with Crippen LogP contribution in [0.25, 0.3) is 0 Å². The zero-order valence-electron chi connectivity index (χ0n) is 15.1. The van der Waals surface area contributed by atoms with Gasteiger partial charge in [0.05, 0.1) is 18.2 Å². The lowest BCUT2D eigenvalue weighted by Crippen LogP contribution is -2.51. The molecule has 0 spiro atoms. The monoisotopic (exact) mass is 336 g/mol. The highest BCUT2D eigenvalue weighted by Gasteiger charge is 2.34. The van der Waals surface area contributed by atoms with Crippen LogP contribution in [0.2, 0.25) is 0 Å². The molecule has 24 heavy (non-hydrogen) atoms. The van der Waals surface area contributed by atoms with Crippen molar-refractivity contribution in [3.8, 4) is 0 Å². The Kier molecular flexibility index (Phi) is 5.20. The molecule has 3 atom stereocenters. The van der Waals surface area contributed by atoms with Crippen LogP contribution in [0.1, 0.15) is 51.4 Å². The summed E-state index contributed by atoms with van der Waals surface area (Å²) >= 11 is 0.